The van der Waals surface area contributed by atoms with Gasteiger partial charge in [-0.2, -0.15) is 0 Å². The van der Waals surface area contributed by atoms with Gasteiger partial charge in [0, 0.05) is 17.1 Å². The minimum absolute atomic E-state index is 0.430. The average Bonchev–Trinajstić information content (AvgIpc) is 2.57. The zero-order chi connectivity index (χ0) is 14.6. The Morgan fingerprint density at radius 1 is 1.30 bits per heavy atom. The molecule has 2 heteroatoms. The summed E-state index contributed by atoms with van der Waals surface area (Å²) >= 11 is 6.12. The van der Waals surface area contributed by atoms with Crippen LogP contribution in [0.25, 0.3) is 0 Å². The van der Waals surface area contributed by atoms with E-state index >= 15 is 0 Å². The van der Waals surface area contributed by atoms with Crippen molar-refractivity contribution in [2.45, 2.75) is 71.4 Å². The minimum atomic E-state index is 0.430. The molecule has 1 aromatic rings. The molecule has 1 saturated carbocycles. The number of halogens is 1. The third-order valence-electron chi connectivity index (χ3n) is 4.67. The summed E-state index contributed by atoms with van der Waals surface area (Å²) in [6.45, 7) is 7.06. The minimum Gasteiger partial charge on any atom is -0.307 e. The van der Waals surface area contributed by atoms with Crippen LogP contribution in [-0.4, -0.2) is 6.04 Å². The van der Waals surface area contributed by atoms with Crippen molar-refractivity contribution in [1.82, 2.24) is 5.32 Å². The molecule has 1 aliphatic rings. The second-order valence-electron chi connectivity index (χ2n) is 6.97. The first-order valence-electron chi connectivity index (χ1n) is 8.02. The molecule has 2 atom stereocenters. The quantitative estimate of drug-likeness (QED) is 0.698. The molecular weight excluding hydrogens is 266 g/mol. The highest BCUT2D eigenvalue weighted by atomic mass is 35.5. The van der Waals surface area contributed by atoms with Crippen LogP contribution in [-0.2, 0) is 0 Å². The van der Waals surface area contributed by atoms with Crippen LogP contribution in [0.3, 0.4) is 0 Å². The molecule has 20 heavy (non-hydrogen) atoms. The zero-order valence-corrected chi connectivity index (χ0v) is 13.8. The van der Waals surface area contributed by atoms with Crippen LogP contribution < -0.4 is 5.32 Å². The molecule has 112 valence electrons. The number of rotatable bonds is 4. The second-order valence-corrected chi connectivity index (χ2v) is 7.41. The summed E-state index contributed by atoms with van der Waals surface area (Å²) < 4.78 is 0. The Hall–Kier alpha value is -0.530. The van der Waals surface area contributed by atoms with Gasteiger partial charge in [0.05, 0.1) is 0 Å². The maximum absolute atomic E-state index is 6.12. The van der Waals surface area contributed by atoms with Crippen LogP contribution in [0.4, 0.5) is 0 Å². The first kappa shape index (κ1) is 15.9. The van der Waals surface area contributed by atoms with E-state index in [-0.39, 0.29) is 0 Å². The van der Waals surface area contributed by atoms with Gasteiger partial charge in [-0.3, -0.25) is 0 Å². The summed E-state index contributed by atoms with van der Waals surface area (Å²) in [6, 6.07) is 9.38. The van der Waals surface area contributed by atoms with Gasteiger partial charge in [-0.15, -0.1) is 0 Å². The average molecular weight is 294 g/mol. The predicted octanol–water partition coefficient (Wildman–Crippen LogP) is 5.74. The summed E-state index contributed by atoms with van der Waals surface area (Å²) in [5.41, 5.74) is 1.84. The first-order chi connectivity index (χ1) is 9.50. The van der Waals surface area contributed by atoms with Crippen molar-refractivity contribution in [2.24, 2.45) is 5.41 Å². The van der Waals surface area contributed by atoms with Crippen LogP contribution in [0.5, 0.6) is 0 Å². The number of hydrogen-bond donors (Lipinski definition) is 1. The molecule has 0 amide bonds. The van der Waals surface area contributed by atoms with Crippen molar-refractivity contribution < 1.29 is 0 Å². The molecule has 2 rings (SSSR count). The van der Waals surface area contributed by atoms with E-state index in [0.29, 0.717) is 17.5 Å². The Kier molecular flexibility index (Phi) is 5.51. The molecule has 2 unspecified atom stereocenters. The lowest BCUT2D eigenvalue weighted by atomic mass is 9.85. The fraction of sp³-hybridized carbons (Fsp3) is 0.667. The summed E-state index contributed by atoms with van der Waals surface area (Å²) in [7, 11) is 0. The van der Waals surface area contributed by atoms with E-state index in [9.17, 15) is 0 Å². The maximum atomic E-state index is 6.12. The van der Waals surface area contributed by atoms with Gasteiger partial charge < -0.3 is 5.32 Å². The lowest BCUT2D eigenvalue weighted by Gasteiger charge is -2.26. The van der Waals surface area contributed by atoms with Gasteiger partial charge in [0.15, 0.2) is 0 Å². The lowest BCUT2D eigenvalue weighted by Crippen LogP contribution is -2.32. The molecular formula is C18H28ClN. The molecule has 1 N–H and O–H groups in total. The highest BCUT2D eigenvalue weighted by Gasteiger charge is 2.25. The normalized spacial score (nSPS) is 24.1. The molecule has 1 nitrogen and oxygen atoms in total. The van der Waals surface area contributed by atoms with Crippen molar-refractivity contribution in [1.29, 1.82) is 0 Å². The molecule has 0 saturated heterocycles. The Bertz CT molecular complexity index is 427. The van der Waals surface area contributed by atoms with Crippen molar-refractivity contribution in [2.75, 3.05) is 0 Å². The number of nitrogens with one attached hydrogen (secondary N) is 1. The van der Waals surface area contributed by atoms with Gasteiger partial charge in [-0.05, 0) is 55.2 Å². The van der Waals surface area contributed by atoms with Gasteiger partial charge in [0.1, 0.15) is 0 Å². The fourth-order valence-corrected chi connectivity index (χ4v) is 3.48. The zero-order valence-electron chi connectivity index (χ0n) is 13.1. The maximum Gasteiger partial charge on any atom is 0.0409 e. The topological polar surface area (TPSA) is 12.0 Å². The summed E-state index contributed by atoms with van der Waals surface area (Å²) in [4.78, 5) is 0. The molecule has 1 aliphatic carbocycles. The standard InChI is InChI=1S/C18H28ClN/c1-4-17(14-7-5-8-15(19)13-14)20-16-9-6-11-18(2,3)12-10-16/h5,7-8,13,16-17,20H,4,6,9-12H2,1-3H3. The van der Waals surface area contributed by atoms with Crippen LogP contribution in [0, 0.1) is 5.41 Å². The van der Waals surface area contributed by atoms with E-state index in [1.165, 1.54) is 37.7 Å². The summed E-state index contributed by atoms with van der Waals surface area (Å²) in [6.07, 6.45) is 7.75. The SMILES string of the molecule is CCC(NC1CCCC(C)(C)CC1)c1cccc(Cl)c1. The third-order valence-corrected chi connectivity index (χ3v) is 4.91. The van der Waals surface area contributed by atoms with Crippen LogP contribution in [0.2, 0.25) is 5.02 Å². The first-order valence-corrected chi connectivity index (χ1v) is 8.39. The smallest absolute Gasteiger partial charge is 0.0409 e. The highest BCUT2D eigenvalue weighted by molar-refractivity contribution is 6.30. The van der Waals surface area contributed by atoms with Crippen molar-refractivity contribution in [3.63, 3.8) is 0 Å². The summed E-state index contributed by atoms with van der Waals surface area (Å²) in [5, 5.41) is 4.71. The lowest BCUT2D eigenvalue weighted by molar-refractivity contribution is 0.306. The van der Waals surface area contributed by atoms with E-state index in [1.54, 1.807) is 0 Å². The molecule has 0 heterocycles. The van der Waals surface area contributed by atoms with Gasteiger partial charge in [-0.1, -0.05) is 50.9 Å². The van der Waals surface area contributed by atoms with Crippen LogP contribution >= 0.6 is 11.6 Å². The molecule has 0 aromatic heterocycles. The molecule has 0 spiro atoms. The largest absolute Gasteiger partial charge is 0.307 e. The van der Waals surface area contributed by atoms with Crippen molar-refractivity contribution in [3.05, 3.63) is 34.9 Å². The van der Waals surface area contributed by atoms with Crippen molar-refractivity contribution >= 4 is 11.6 Å². The van der Waals surface area contributed by atoms with E-state index in [2.05, 4.69) is 44.3 Å². The van der Waals surface area contributed by atoms with Crippen LogP contribution in [0.15, 0.2) is 24.3 Å². The fourth-order valence-electron chi connectivity index (χ4n) is 3.29. The van der Waals surface area contributed by atoms with Crippen molar-refractivity contribution in [3.8, 4) is 0 Å². The van der Waals surface area contributed by atoms with Gasteiger partial charge in [0.25, 0.3) is 0 Å². The van der Waals surface area contributed by atoms with Gasteiger partial charge in [0.2, 0.25) is 0 Å². The predicted molar refractivity (Wildman–Crippen MR) is 88.3 cm³/mol. The Labute approximate surface area is 129 Å². The Morgan fingerprint density at radius 3 is 2.80 bits per heavy atom. The molecule has 1 fully saturated rings. The van der Waals surface area contributed by atoms with Gasteiger partial charge >= 0.3 is 0 Å². The van der Waals surface area contributed by atoms with E-state index in [0.717, 1.165) is 11.4 Å². The molecule has 0 aliphatic heterocycles. The second kappa shape index (κ2) is 6.95. The van der Waals surface area contributed by atoms with Gasteiger partial charge in [-0.25, -0.2) is 0 Å². The molecule has 0 radical (unpaired) electrons. The Morgan fingerprint density at radius 2 is 2.10 bits per heavy atom. The van der Waals surface area contributed by atoms with E-state index < -0.39 is 0 Å². The van der Waals surface area contributed by atoms with E-state index in [1.807, 2.05) is 6.07 Å². The highest BCUT2D eigenvalue weighted by Crippen LogP contribution is 2.34. The number of hydrogen-bond acceptors (Lipinski definition) is 1. The van der Waals surface area contributed by atoms with E-state index in [4.69, 9.17) is 11.6 Å². The number of benzene rings is 1. The van der Waals surface area contributed by atoms with Crippen LogP contribution in [0.1, 0.15) is 70.9 Å². The summed E-state index contributed by atoms with van der Waals surface area (Å²) in [5.74, 6) is 0. The molecule has 0 bridgehead atoms. The molecule has 1 aromatic carbocycles. The third kappa shape index (κ3) is 4.49. The monoisotopic (exact) mass is 293 g/mol. The Balaban J connectivity index is 1.99.